The lowest BCUT2D eigenvalue weighted by molar-refractivity contribution is 0.109. The zero-order chi connectivity index (χ0) is 12.5. The highest BCUT2D eigenvalue weighted by molar-refractivity contribution is 6.36. The summed E-state index contributed by atoms with van der Waals surface area (Å²) in [6.45, 7) is 0.561. The Hall–Kier alpha value is -0.280. The molecule has 0 aliphatic heterocycles. The van der Waals surface area contributed by atoms with Crippen molar-refractivity contribution in [2.45, 2.75) is 19.3 Å². The van der Waals surface area contributed by atoms with Crippen LogP contribution in [0.3, 0.4) is 0 Å². The average Bonchev–Trinajstić information content (AvgIpc) is 3.14. The third kappa shape index (κ3) is 2.60. The van der Waals surface area contributed by atoms with Crippen LogP contribution in [-0.2, 0) is 6.42 Å². The fourth-order valence-electron chi connectivity index (χ4n) is 2.38. The molecule has 4 heteroatoms. The predicted molar refractivity (Wildman–Crippen MR) is 71.5 cm³/mol. The van der Waals surface area contributed by atoms with Crippen LogP contribution in [0.2, 0.25) is 10.0 Å². The number of hydrogen-bond acceptors (Lipinski definition) is 2. The molecule has 0 aromatic heterocycles. The standard InChI is InChI=1S/C13H17Cl2NO/c14-11-2-1-3-12(15)10(11)6-13(7-16,8-17)9-4-5-9/h1-3,9,17H,4-8,16H2. The van der Waals surface area contributed by atoms with Crippen molar-refractivity contribution in [3.63, 3.8) is 0 Å². The molecule has 2 nitrogen and oxygen atoms in total. The van der Waals surface area contributed by atoms with E-state index in [2.05, 4.69) is 0 Å². The average molecular weight is 274 g/mol. The number of hydrogen-bond donors (Lipinski definition) is 2. The Morgan fingerprint density at radius 3 is 2.29 bits per heavy atom. The third-order valence-corrected chi connectivity index (χ3v) is 4.46. The molecule has 0 spiro atoms. The summed E-state index contributed by atoms with van der Waals surface area (Å²) < 4.78 is 0. The first-order chi connectivity index (χ1) is 8.13. The zero-order valence-corrected chi connectivity index (χ0v) is 11.1. The third-order valence-electron chi connectivity index (χ3n) is 3.76. The van der Waals surface area contributed by atoms with Crippen LogP contribution in [0.5, 0.6) is 0 Å². The molecule has 2 rings (SSSR count). The van der Waals surface area contributed by atoms with Gasteiger partial charge in [0.25, 0.3) is 0 Å². The molecule has 1 aliphatic carbocycles. The first-order valence-electron chi connectivity index (χ1n) is 5.87. The molecule has 1 aromatic rings. The number of benzene rings is 1. The van der Waals surface area contributed by atoms with Crippen LogP contribution >= 0.6 is 23.2 Å². The van der Waals surface area contributed by atoms with E-state index >= 15 is 0 Å². The Balaban J connectivity index is 2.29. The van der Waals surface area contributed by atoms with Crippen molar-refractivity contribution in [1.29, 1.82) is 0 Å². The van der Waals surface area contributed by atoms with Gasteiger partial charge in [0.2, 0.25) is 0 Å². The number of nitrogens with two attached hydrogens (primary N) is 1. The summed E-state index contributed by atoms with van der Waals surface area (Å²) in [5.74, 6) is 0.504. The highest BCUT2D eigenvalue weighted by Crippen LogP contribution is 2.48. The van der Waals surface area contributed by atoms with Gasteiger partial charge in [-0.25, -0.2) is 0 Å². The maximum atomic E-state index is 9.66. The van der Waals surface area contributed by atoms with Crippen LogP contribution < -0.4 is 5.73 Å². The molecular formula is C13H17Cl2NO. The molecular weight excluding hydrogens is 257 g/mol. The smallest absolute Gasteiger partial charge is 0.0505 e. The van der Waals surface area contributed by atoms with E-state index in [9.17, 15) is 5.11 Å². The molecule has 0 heterocycles. The first kappa shape index (κ1) is 13.2. The van der Waals surface area contributed by atoms with Crippen LogP contribution in [0.4, 0.5) is 0 Å². The second-order valence-corrected chi connectivity index (χ2v) is 5.69. The van der Waals surface area contributed by atoms with Gasteiger partial charge in [0.05, 0.1) is 6.61 Å². The highest BCUT2D eigenvalue weighted by atomic mass is 35.5. The normalized spacial score (nSPS) is 19.1. The van der Waals surface area contributed by atoms with Crippen LogP contribution in [-0.4, -0.2) is 18.3 Å². The molecule has 1 unspecified atom stereocenters. The minimum absolute atomic E-state index is 0.0930. The van der Waals surface area contributed by atoms with Crippen molar-refractivity contribution in [1.82, 2.24) is 0 Å². The van der Waals surface area contributed by atoms with Crippen LogP contribution in [0, 0.1) is 11.3 Å². The number of aliphatic hydroxyl groups excluding tert-OH is 1. The molecule has 0 saturated heterocycles. The monoisotopic (exact) mass is 273 g/mol. The van der Waals surface area contributed by atoms with E-state index in [1.807, 2.05) is 18.2 Å². The van der Waals surface area contributed by atoms with Crippen LogP contribution in [0.15, 0.2) is 18.2 Å². The quantitative estimate of drug-likeness (QED) is 0.867. The van der Waals surface area contributed by atoms with Gasteiger partial charge in [0.1, 0.15) is 0 Å². The lowest BCUT2D eigenvalue weighted by atomic mass is 9.78. The lowest BCUT2D eigenvalue weighted by Gasteiger charge is -2.31. The Labute approximate surface area is 112 Å². The van der Waals surface area contributed by atoms with Crippen LogP contribution in [0.1, 0.15) is 18.4 Å². The Morgan fingerprint density at radius 2 is 1.88 bits per heavy atom. The van der Waals surface area contributed by atoms with Crippen molar-refractivity contribution >= 4 is 23.2 Å². The van der Waals surface area contributed by atoms with Gasteiger partial charge in [0, 0.05) is 22.0 Å². The summed E-state index contributed by atoms with van der Waals surface area (Å²) in [5, 5.41) is 11.0. The van der Waals surface area contributed by atoms with E-state index < -0.39 is 0 Å². The molecule has 94 valence electrons. The Kier molecular flexibility index (Phi) is 3.99. The van der Waals surface area contributed by atoms with Gasteiger partial charge >= 0.3 is 0 Å². The van der Waals surface area contributed by atoms with E-state index in [4.69, 9.17) is 28.9 Å². The second-order valence-electron chi connectivity index (χ2n) is 4.88. The van der Waals surface area contributed by atoms with E-state index in [-0.39, 0.29) is 12.0 Å². The fourth-order valence-corrected chi connectivity index (χ4v) is 2.91. The fraction of sp³-hybridized carbons (Fsp3) is 0.538. The molecule has 1 fully saturated rings. The molecule has 1 saturated carbocycles. The summed E-state index contributed by atoms with van der Waals surface area (Å²) in [5.41, 5.74) is 6.51. The van der Waals surface area contributed by atoms with E-state index in [1.165, 1.54) is 0 Å². The number of aliphatic hydroxyl groups is 1. The summed E-state index contributed by atoms with van der Waals surface area (Å²) in [7, 11) is 0. The van der Waals surface area contributed by atoms with E-state index in [1.54, 1.807) is 0 Å². The SMILES string of the molecule is NCC(CO)(Cc1c(Cl)cccc1Cl)C1CC1. The number of rotatable bonds is 5. The van der Waals surface area contributed by atoms with Gasteiger partial charge in [0.15, 0.2) is 0 Å². The molecule has 1 atom stereocenters. The summed E-state index contributed by atoms with van der Waals surface area (Å²) in [6.07, 6.45) is 2.93. The maximum absolute atomic E-state index is 9.66. The first-order valence-corrected chi connectivity index (χ1v) is 6.62. The summed E-state index contributed by atoms with van der Waals surface area (Å²) in [4.78, 5) is 0. The van der Waals surface area contributed by atoms with Gasteiger partial charge in [-0.3, -0.25) is 0 Å². The Morgan fingerprint density at radius 1 is 1.29 bits per heavy atom. The molecule has 3 N–H and O–H groups in total. The van der Waals surface area contributed by atoms with Crippen molar-refractivity contribution in [2.24, 2.45) is 17.1 Å². The topological polar surface area (TPSA) is 46.2 Å². The van der Waals surface area contributed by atoms with Crippen molar-refractivity contribution in [3.8, 4) is 0 Å². The minimum atomic E-state index is -0.255. The van der Waals surface area contributed by atoms with Gasteiger partial charge in [-0.05, 0) is 42.9 Å². The van der Waals surface area contributed by atoms with Gasteiger partial charge in [-0.2, -0.15) is 0 Å². The second kappa shape index (κ2) is 5.15. The molecule has 17 heavy (non-hydrogen) atoms. The summed E-state index contributed by atoms with van der Waals surface area (Å²) >= 11 is 12.3. The van der Waals surface area contributed by atoms with Crippen molar-refractivity contribution in [3.05, 3.63) is 33.8 Å². The van der Waals surface area contributed by atoms with Gasteiger partial charge in [-0.1, -0.05) is 29.3 Å². The molecule has 0 amide bonds. The van der Waals surface area contributed by atoms with Gasteiger partial charge < -0.3 is 10.8 Å². The van der Waals surface area contributed by atoms with Gasteiger partial charge in [-0.15, -0.1) is 0 Å². The molecule has 0 radical (unpaired) electrons. The predicted octanol–water partition coefficient (Wildman–Crippen LogP) is 2.88. The zero-order valence-electron chi connectivity index (χ0n) is 9.63. The largest absolute Gasteiger partial charge is 0.396 e. The maximum Gasteiger partial charge on any atom is 0.0505 e. The molecule has 0 bridgehead atoms. The molecule has 1 aliphatic rings. The van der Waals surface area contributed by atoms with E-state index in [0.29, 0.717) is 28.9 Å². The Bertz CT molecular complexity index is 380. The van der Waals surface area contributed by atoms with Crippen molar-refractivity contribution < 1.29 is 5.11 Å². The van der Waals surface area contributed by atoms with Crippen molar-refractivity contribution in [2.75, 3.05) is 13.2 Å². The van der Waals surface area contributed by atoms with Crippen LogP contribution in [0.25, 0.3) is 0 Å². The highest BCUT2D eigenvalue weighted by Gasteiger charge is 2.44. The minimum Gasteiger partial charge on any atom is -0.396 e. The van der Waals surface area contributed by atoms with E-state index in [0.717, 1.165) is 18.4 Å². The number of halogens is 2. The summed E-state index contributed by atoms with van der Waals surface area (Å²) in [6, 6.07) is 5.48. The lowest BCUT2D eigenvalue weighted by Crippen LogP contribution is -2.38. The molecule has 1 aromatic carbocycles.